The third kappa shape index (κ3) is 2.81. The Balaban J connectivity index is 2.29. The van der Waals surface area contributed by atoms with E-state index in [2.05, 4.69) is 20.8 Å². The van der Waals surface area contributed by atoms with Gasteiger partial charge in [0.25, 0.3) is 5.69 Å². The van der Waals surface area contributed by atoms with Gasteiger partial charge >= 0.3 is 0 Å². The Bertz CT molecular complexity index is 453. The Morgan fingerprint density at radius 2 is 2.33 bits per heavy atom. The number of piperidine rings is 1. The number of nitro groups is 1. The first-order valence-corrected chi connectivity index (χ1v) is 6.80. The molecule has 1 aliphatic rings. The lowest BCUT2D eigenvalue weighted by Crippen LogP contribution is -2.38. The molecule has 1 aliphatic heterocycles. The summed E-state index contributed by atoms with van der Waals surface area (Å²) in [6.07, 6.45) is 2.15. The summed E-state index contributed by atoms with van der Waals surface area (Å²) >= 11 is 3.27. The number of halogens is 1. The number of nitro benzene ring substituents is 1. The molecule has 1 fully saturated rings. The van der Waals surface area contributed by atoms with Crippen LogP contribution in [0.4, 0.5) is 11.4 Å². The first-order valence-electron chi connectivity index (χ1n) is 6.00. The molecule has 1 atom stereocenters. The Hall–Kier alpha value is -1.14. The Morgan fingerprint density at radius 3 is 3.00 bits per heavy atom. The molecular formula is C12H16BrN3O2. The second kappa shape index (κ2) is 5.67. The number of benzene rings is 1. The average Bonchev–Trinajstić information content (AvgIpc) is 2.38. The highest BCUT2D eigenvalue weighted by Gasteiger charge is 2.24. The van der Waals surface area contributed by atoms with E-state index in [1.54, 1.807) is 12.1 Å². The van der Waals surface area contributed by atoms with Crippen molar-refractivity contribution in [2.24, 2.45) is 11.7 Å². The third-order valence-corrected chi connectivity index (χ3v) is 3.82. The number of hydrogen-bond acceptors (Lipinski definition) is 4. The summed E-state index contributed by atoms with van der Waals surface area (Å²) in [6, 6.07) is 5.21. The Labute approximate surface area is 114 Å². The Morgan fingerprint density at radius 1 is 1.56 bits per heavy atom. The maximum Gasteiger partial charge on any atom is 0.293 e. The van der Waals surface area contributed by atoms with Crippen LogP contribution in [0, 0.1) is 16.0 Å². The van der Waals surface area contributed by atoms with Gasteiger partial charge in [-0.3, -0.25) is 10.1 Å². The maximum absolute atomic E-state index is 11.1. The van der Waals surface area contributed by atoms with Crippen LogP contribution in [0.25, 0.3) is 0 Å². The lowest BCUT2D eigenvalue weighted by molar-refractivity contribution is -0.384. The van der Waals surface area contributed by atoms with Crippen LogP contribution in [0.2, 0.25) is 0 Å². The van der Waals surface area contributed by atoms with Gasteiger partial charge in [-0.2, -0.15) is 0 Å². The zero-order valence-corrected chi connectivity index (χ0v) is 11.6. The van der Waals surface area contributed by atoms with E-state index in [0.717, 1.165) is 30.4 Å². The molecular weight excluding hydrogens is 298 g/mol. The molecule has 2 rings (SSSR count). The van der Waals surface area contributed by atoms with Gasteiger partial charge < -0.3 is 10.6 Å². The van der Waals surface area contributed by atoms with Crippen molar-refractivity contribution in [1.29, 1.82) is 0 Å². The Kier molecular flexibility index (Phi) is 4.19. The van der Waals surface area contributed by atoms with Crippen molar-refractivity contribution in [3.05, 3.63) is 32.8 Å². The molecule has 0 radical (unpaired) electrons. The van der Waals surface area contributed by atoms with Crippen molar-refractivity contribution in [2.75, 3.05) is 24.5 Å². The van der Waals surface area contributed by atoms with Gasteiger partial charge in [0.1, 0.15) is 5.69 Å². The monoisotopic (exact) mass is 313 g/mol. The minimum Gasteiger partial charge on any atom is -0.366 e. The van der Waals surface area contributed by atoms with E-state index < -0.39 is 0 Å². The van der Waals surface area contributed by atoms with E-state index in [0.29, 0.717) is 18.2 Å². The second-order valence-corrected chi connectivity index (χ2v) is 5.50. The summed E-state index contributed by atoms with van der Waals surface area (Å²) in [7, 11) is 0. The molecule has 2 N–H and O–H groups in total. The highest BCUT2D eigenvalue weighted by atomic mass is 79.9. The molecule has 0 aromatic heterocycles. The van der Waals surface area contributed by atoms with Crippen LogP contribution in [0.3, 0.4) is 0 Å². The molecule has 0 bridgehead atoms. The van der Waals surface area contributed by atoms with E-state index in [-0.39, 0.29) is 10.6 Å². The quantitative estimate of drug-likeness (QED) is 0.687. The van der Waals surface area contributed by atoms with Crippen LogP contribution in [-0.4, -0.2) is 24.6 Å². The number of nitrogens with zero attached hydrogens (tertiary/aromatic N) is 2. The minimum atomic E-state index is -0.327. The van der Waals surface area contributed by atoms with Gasteiger partial charge in [-0.15, -0.1) is 0 Å². The number of hydrogen-bond donors (Lipinski definition) is 1. The second-order valence-electron chi connectivity index (χ2n) is 4.58. The molecule has 6 heteroatoms. The van der Waals surface area contributed by atoms with Crippen LogP contribution in [0.15, 0.2) is 22.7 Å². The zero-order chi connectivity index (χ0) is 13.1. The topological polar surface area (TPSA) is 72.4 Å². The first kappa shape index (κ1) is 13.3. The molecule has 1 heterocycles. The largest absolute Gasteiger partial charge is 0.366 e. The van der Waals surface area contributed by atoms with Gasteiger partial charge in [0.05, 0.1) is 4.92 Å². The first-order chi connectivity index (χ1) is 8.61. The molecule has 0 saturated carbocycles. The fraction of sp³-hybridized carbons (Fsp3) is 0.500. The van der Waals surface area contributed by atoms with Gasteiger partial charge in [0.15, 0.2) is 0 Å². The van der Waals surface area contributed by atoms with E-state index >= 15 is 0 Å². The van der Waals surface area contributed by atoms with E-state index in [1.807, 2.05) is 6.07 Å². The zero-order valence-electron chi connectivity index (χ0n) is 10.0. The summed E-state index contributed by atoms with van der Waals surface area (Å²) in [5, 5.41) is 11.1. The lowest BCUT2D eigenvalue weighted by Gasteiger charge is -2.33. The summed E-state index contributed by atoms with van der Waals surface area (Å²) in [5.41, 5.74) is 6.55. The van der Waals surface area contributed by atoms with Gasteiger partial charge in [-0.05, 0) is 37.4 Å². The van der Waals surface area contributed by atoms with Crippen molar-refractivity contribution >= 4 is 27.3 Å². The lowest BCUT2D eigenvalue weighted by atomic mass is 9.97. The molecule has 1 unspecified atom stereocenters. The molecule has 0 spiro atoms. The SMILES string of the molecule is NCC1CCCN(c2ccc(Br)cc2[N+](=O)[O-])C1. The van der Waals surface area contributed by atoms with Gasteiger partial charge in [-0.25, -0.2) is 0 Å². The van der Waals surface area contributed by atoms with Crippen molar-refractivity contribution in [2.45, 2.75) is 12.8 Å². The molecule has 0 amide bonds. The molecule has 98 valence electrons. The average molecular weight is 314 g/mol. The summed E-state index contributed by atoms with van der Waals surface area (Å²) in [6.45, 7) is 2.30. The molecule has 5 nitrogen and oxygen atoms in total. The molecule has 1 aromatic rings. The van der Waals surface area contributed by atoms with Crippen molar-refractivity contribution < 1.29 is 4.92 Å². The van der Waals surface area contributed by atoms with E-state index in [1.165, 1.54) is 0 Å². The number of rotatable bonds is 3. The molecule has 18 heavy (non-hydrogen) atoms. The van der Waals surface area contributed by atoms with E-state index in [9.17, 15) is 10.1 Å². The highest BCUT2D eigenvalue weighted by Crippen LogP contribution is 2.33. The summed E-state index contributed by atoms with van der Waals surface area (Å²) in [4.78, 5) is 12.8. The smallest absolute Gasteiger partial charge is 0.293 e. The van der Waals surface area contributed by atoms with Crippen LogP contribution >= 0.6 is 15.9 Å². The third-order valence-electron chi connectivity index (χ3n) is 3.33. The normalized spacial score (nSPS) is 19.9. The van der Waals surface area contributed by atoms with Gasteiger partial charge in [-0.1, -0.05) is 15.9 Å². The number of nitrogens with two attached hydrogens (primary N) is 1. The summed E-state index contributed by atoms with van der Waals surface area (Å²) in [5.74, 6) is 0.432. The van der Waals surface area contributed by atoms with Crippen molar-refractivity contribution in [3.63, 3.8) is 0 Å². The van der Waals surface area contributed by atoms with Crippen LogP contribution in [0.5, 0.6) is 0 Å². The molecule has 0 aliphatic carbocycles. The van der Waals surface area contributed by atoms with Crippen LogP contribution in [0.1, 0.15) is 12.8 Å². The predicted molar refractivity (Wildman–Crippen MR) is 74.8 cm³/mol. The minimum absolute atomic E-state index is 0.155. The summed E-state index contributed by atoms with van der Waals surface area (Å²) < 4.78 is 0.727. The fourth-order valence-corrected chi connectivity index (χ4v) is 2.74. The highest BCUT2D eigenvalue weighted by molar-refractivity contribution is 9.10. The van der Waals surface area contributed by atoms with Crippen molar-refractivity contribution in [3.8, 4) is 0 Å². The van der Waals surface area contributed by atoms with Crippen molar-refractivity contribution in [1.82, 2.24) is 0 Å². The van der Waals surface area contributed by atoms with E-state index in [4.69, 9.17) is 5.73 Å². The number of anilines is 1. The fourth-order valence-electron chi connectivity index (χ4n) is 2.39. The maximum atomic E-state index is 11.1. The van der Waals surface area contributed by atoms with Crippen LogP contribution < -0.4 is 10.6 Å². The molecule has 1 saturated heterocycles. The van der Waals surface area contributed by atoms with Crippen LogP contribution in [-0.2, 0) is 0 Å². The van der Waals surface area contributed by atoms with Gasteiger partial charge in [0, 0.05) is 23.6 Å². The molecule has 1 aromatic carbocycles. The van der Waals surface area contributed by atoms with Gasteiger partial charge in [0.2, 0.25) is 0 Å². The standard InChI is InChI=1S/C12H16BrN3O2/c13-10-3-4-11(12(6-10)16(17)18)15-5-1-2-9(7-14)8-15/h3-4,6,9H,1-2,5,7-8,14H2. The predicted octanol–water partition coefficient (Wildman–Crippen LogP) is 2.53.